The zero-order chi connectivity index (χ0) is 19.3. The van der Waals surface area contributed by atoms with E-state index < -0.39 is 0 Å². The van der Waals surface area contributed by atoms with Crippen LogP contribution in [0.4, 0.5) is 11.5 Å². The Morgan fingerprint density at radius 3 is 2.70 bits per heavy atom. The standard InChI is InChI=1S/C18H21ClN8/c1-18(2,3)27-17-12(16(20)22-8-23-17)14(26-27)15-13(19)10-6-5-9(25-21-4)7-11(10)24-15/h5-8,21,24-25H,1-4H3,(H2,20,22,23). The van der Waals surface area contributed by atoms with E-state index >= 15 is 0 Å². The van der Waals surface area contributed by atoms with Gasteiger partial charge in [0.25, 0.3) is 0 Å². The first-order valence-electron chi connectivity index (χ1n) is 8.55. The molecule has 0 aliphatic carbocycles. The zero-order valence-corrected chi connectivity index (χ0v) is 16.3. The minimum atomic E-state index is -0.278. The molecular weight excluding hydrogens is 364 g/mol. The van der Waals surface area contributed by atoms with Crippen LogP contribution >= 0.6 is 11.6 Å². The Labute approximate surface area is 161 Å². The molecule has 0 bridgehead atoms. The minimum Gasteiger partial charge on any atom is -0.383 e. The molecule has 0 amide bonds. The molecule has 3 aromatic heterocycles. The summed E-state index contributed by atoms with van der Waals surface area (Å²) in [6, 6.07) is 5.88. The van der Waals surface area contributed by atoms with Gasteiger partial charge in [-0.15, -0.1) is 0 Å². The number of hydrogen-bond acceptors (Lipinski definition) is 6. The predicted octanol–water partition coefficient (Wildman–Crippen LogP) is 3.51. The molecule has 27 heavy (non-hydrogen) atoms. The lowest BCUT2D eigenvalue weighted by Crippen LogP contribution is -2.23. The lowest BCUT2D eigenvalue weighted by Gasteiger charge is -2.19. The highest BCUT2D eigenvalue weighted by atomic mass is 35.5. The third-order valence-corrected chi connectivity index (χ3v) is 4.76. The van der Waals surface area contributed by atoms with Gasteiger partial charge in [-0.25, -0.2) is 20.1 Å². The molecule has 8 nitrogen and oxygen atoms in total. The van der Waals surface area contributed by atoms with E-state index in [1.165, 1.54) is 6.33 Å². The molecule has 0 fully saturated rings. The van der Waals surface area contributed by atoms with Crippen molar-refractivity contribution in [3.05, 3.63) is 29.5 Å². The van der Waals surface area contributed by atoms with Crippen LogP contribution in [0.5, 0.6) is 0 Å². The number of hydrazine groups is 1. The van der Waals surface area contributed by atoms with Crippen molar-refractivity contribution in [1.29, 1.82) is 0 Å². The number of nitrogens with one attached hydrogen (secondary N) is 3. The summed E-state index contributed by atoms with van der Waals surface area (Å²) in [6.07, 6.45) is 1.45. The third kappa shape index (κ3) is 2.77. The first kappa shape index (κ1) is 17.6. The van der Waals surface area contributed by atoms with Crippen molar-refractivity contribution in [1.82, 2.24) is 30.2 Å². The lowest BCUT2D eigenvalue weighted by atomic mass is 10.1. The molecule has 0 saturated carbocycles. The Bertz CT molecular complexity index is 1150. The lowest BCUT2D eigenvalue weighted by molar-refractivity contribution is 0.366. The van der Waals surface area contributed by atoms with Gasteiger partial charge in [-0.05, 0) is 39.0 Å². The molecule has 0 saturated heterocycles. The first-order chi connectivity index (χ1) is 12.8. The summed E-state index contributed by atoms with van der Waals surface area (Å²) in [5.74, 6) is 0.373. The fraction of sp³-hybridized carbons (Fsp3) is 0.278. The van der Waals surface area contributed by atoms with E-state index in [9.17, 15) is 0 Å². The van der Waals surface area contributed by atoms with Gasteiger partial charge in [-0.2, -0.15) is 5.10 Å². The second-order valence-electron chi connectivity index (χ2n) is 7.34. The van der Waals surface area contributed by atoms with Crippen molar-refractivity contribution in [2.24, 2.45) is 0 Å². The Morgan fingerprint density at radius 2 is 2.00 bits per heavy atom. The summed E-state index contributed by atoms with van der Waals surface area (Å²) in [7, 11) is 1.81. The second kappa shape index (κ2) is 6.11. The normalized spacial score (nSPS) is 12.2. The largest absolute Gasteiger partial charge is 0.383 e. The maximum absolute atomic E-state index is 6.70. The van der Waals surface area contributed by atoms with Gasteiger partial charge in [0.1, 0.15) is 17.8 Å². The molecule has 0 radical (unpaired) electrons. The van der Waals surface area contributed by atoms with E-state index in [-0.39, 0.29) is 5.54 Å². The molecule has 140 valence electrons. The topological polar surface area (TPSA) is 109 Å². The monoisotopic (exact) mass is 384 g/mol. The van der Waals surface area contributed by atoms with Crippen molar-refractivity contribution in [3.63, 3.8) is 0 Å². The summed E-state index contributed by atoms with van der Waals surface area (Å²) in [5, 5.41) is 6.98. The van der Waals surface area contributed by atoms with Crippen LogP contribution in [0.3, 0.4) is 0 Å². The number of aromatic nitrogens is 5. The van der Waals surface area contributed by atoms with Crippen LogP contribution in [0, 0.1) is 0 Å². The summed E-state index contributed by atoms with van der Waals surface area (Å²) < 4.78 is 1.85. The van der Waals surface area contributed by atoms with E-state index in [1.807, 2.05) is 29.9 Å². The average molecular weight is 385 g/mol. The number of hydrogen-bond donors (Lipinski definition) is 4. The molecule has 9 heteroatoms. The van der Waals surface area contributed by atoms with Gasteiger partial charge in [0.2, 0.25) is 0 Å². The molecule has 0 aliphatic heterocycles. The summed E-state index contributed by atoms with van der Waals surface area (Å²) >= 11 is 6.70. The van der Waals surface area contributed by atoms with Crippen molar-refractivity contribution in [2.45, 2.75) is 26.3 Å². The van der Waals surface area contributed by atoms with Gasteiger partial charge in [-0.1, -0.05) is 11.6 Å². The zero-order valence-electron chi connectivity index (χ0n) is 15.6. The highest BCUT2D eigenvalue weighted by molar-refractivity contribution is 6.38. The maximum Gasteiger partial charge on any atom is 0.164 e. The highest BCUT2D eigenvalue weighted by Crippen LogP contribution is 2.39. The van der Waals surface area contributed by atoms with Gasteiger partial charge in [-0.3, -0.25) is 0 Å². The molecule has 1 aromatic carbocycles. The number of fused-ring (bicyclic) bond motifs is 2. The number of anilines is 2. The number of H-pyrrole nitrogens is 1. The highest BCUT2D eigenvalue weighted by Gasteiger charge is 2.26. The molecular formula is C18H21ClN8. The number of aromatic amines is 1. The molecule has 0 unspecified atom stereocenters. The molecule has 5 N–H and O–H groups in total. The fourth-order valence-corrected chi connectivity index (χ4v) is 3.47. The van der Waals surface area contributed by atoms with E-state index in [4.69, 9.17) is 22.4 Å². The number of rotatable bonds is 3. The first-order valence-corrected chi connectivity index (χ1v) is 8.93. The van der Waals surface area contributed by atoms with E-state index in [0.717, 1.165) is 16.6 Å². The molecule has 4 rings (SSSR count). The average Bonchev–Trinajstić information content (AvgIpc) is 3.14. The van der Waals surface area contributed by atoms with Gasteiger partial charge in [0.05, 0.1) is 27.3 Å². The van der Waals surface area contributed by atoms with Crippen LogP contribution in [0.25, 0.3) is 33.3 Å². The van der Waals surface area contributed by atoms with Gasteiger partial charge in [0.15, 0.2) is 5.65 Å². The second-order valence-corrected chi connectivity index (χ2v) is 7.72. The van der Waals surface area contributed by atoms with Crippen molar-refractivity contribution in [2.75, 3.05) is 18.2 Å². The van der Waals surface area contributed by atoms with Crippen molar-refractivity contribution >= 4 is 45.0 Å². The fourth-order valence-electron chi connectivity index (χ4n) is 3.17. The number of nitrogen functional groups attached to an aromatic ring is 1. The maximum atomic E-state index is 6.70. The minimum absolute atomic E-state index is 0.278. The Kier molecular flexibility index (Phi) is 3.97. The van der Waals surface area contributed by atoms with Crippen LogP contribution in [-0.4, -0.2) is 31.8 Å². The van der Waals surface area contributed by atoms with Gasteiger partial charge < -0.3 is 16.1 Å². The van der Waals surface area contributed by atoms with Gasteiger partial charge >= 0.3 is 0 Å². The summed E-state index contributed by atoms with van der Waals surface area (Å²) in [4.78, 5) is 11.9. The van der Waals surface area contributed by atoms with Crippen molar-refractivity contribution < 1.29 is 0 Å². The van der Waals surface area contributed by atoms with Crippen LogP contribution in [0.2, 0.25) is 5.02 Å². The Balaban J connectivity index is 2.01. The van der Waals surface area contributed by atoms with Crippen LogP contribution in [0.1, 0.15) is 20.8 Å². The summed E-state index contributed by atoms with van der Waals surface area (Å²) in [5.41, 5.74) is 15.7. The number of nitrogens with two attached hydrogens (primary N) is 1. The quantitative estimate of drug-likeness (QED) is 0.402. The molecule has 3 heterocycles. The molecule has 4 aromatic rings. The molecule has 0 atom stereocenters. The number of nitrogens with zero attached hydrogens (tertiary/aromatic N) is 4. The van der Waals surface area contributed by atoms with Crippen LogP contribution in [0.15, 0.2) is 24.5 Å². The predicted molar refractivity (Wildman–Crippen MR) is 110 cm³/mol. The number of halogens is 1. The van der Waals surface area contributed by atoms with Gasteiger partial charge in [0, 0.05) is 18.0 Å². The molecule has 0 spiro atoms. The van der Waals surface area contributed by atoms with E-state index in [1.54, 1.807) is 0 Å². The Morgan fingerprint density at radius 1 is 1.22 bits per heavy atom. The smallest absolute Gasteiger partial charge is 0.164 e. The van der Waals surface area contributed by atoms with Crippen molar-refractivity contribution in [3.8, 4) is 11.4 Å². The Hall–Kier alpha value is -2.84. The van der Waals surface area contributed by atoms with E-state index in [2.05, 4.69) is 46.6 Å². The number of benzene rings is 1. The van der Waals surface area contributed by atoms with E-state index in [0.29, 0.717) is 33.3 Å². The van der Waals surface area contributed by atoms with Crippen LogP contribution in [-0.2, 0) is 5.54 Å². The summed E-state index contributed by atoms with van der Waals surface area (Å²) in [6.45, 7) is 6.18. The SMILES string of the molecule is CNNc1ccc2c(Cl)c(-c3nn(C(C)(C)C)c4ncnc(N)c34)[nH]c2c1. The molecule has 0 aliphatic rings. The van der Waals surface area contributed by atoms with Crippen LogP contribution < -0.4 is 16.6 Å². The third-order valence-electron chi connectivity index (χ3n) is 4.37.